The molecule has 1 atom stereocenters. The fraction of sp³-hybridized carbons (Fsp3) is 0.154. The maximum absolute atomic E-state index is 13.7. The predicted molar refractivity (Wildman–Crippen MR) is 115 cm³/mol. The van der Waals surface area contributed by atoms with Crippen molar-refractivity contribution >= 4 is 5.78 Å². The van der Waals surface area contributed by atoms with Crippen molar-refractivity contribution in [3.63, 3.8) is 0 Å². The van der Waals surface area contributed by atoms with Crippen molar-refractivity contribution in [2.45, 2.75) is 25.3 Å². The van der Waals surface area contributed by atoms with Crippen LogP contribution in [0.25, 0.3) is 11.3 Å². The summed E-state index contributed by atoms with van der Waals surface area (Å²) in [6.45, 7) is 0. The van der Waals surface area contributed by atoms with Crippen molar-refractivity contribution in [1.82, 2.24) is 9.78 Å². The number of hydrogen-bond acceptors (Lipinski definition) is 2. The first-order valence-corrected chi connectivity index (χ1v) is 10.1. The standard InChI is InChI=1S/C26H22N2O/c29-26(21-15-8-3-9-16-21)25(20-13-6-2-7-14-20)28-24(19-11-4-1-5-12-19)22-17-10-18-23(22)27-28/h1-9,11-16,25H,10,17-18H2. The van der Waals surface area contributed by atoms with Gasteiger partial charge in [-0.05, 0) is 24.8 Å². The van der Waals surface area contributed by atoms with Crippen LogP contribution in [-0.4, -0.2) is 15.6 Å². The van der Waals surface area contributed by atoms with Crippen LogP contribution < -0.4 is 0 Å². The molecule has 3 heteroatoms. The molecule has 3 nitrogen and oxygen atoms in total. The molecular weight excluding hydrogens is 356 g/mol. The van der Waals surface area contributed by atoms with Crippen molar-refractivity contribution in [3.05, 3.63) is 113 Å². The summed E-state index contributed by atoms with van der Waals surface area (Å²) in [6.07, 6.45) is 3.12. The molecule has 1 heterocycles. The molecule has 4 aromatic rings. The molecule has 0 amide bonds. The highest BCUT2D eigenvalue weighted by molar-refractivity contribution is 6.01. The summed E-state index contributed by atoms with van der Waals surface area (Å²) in [5.41, 5.74) is 6.28. The lowest BCUT2D eigenvalue weighted by Gasteiger charge is -2.21. The molecule has 0 fully saturated rings. The van der Waals surface area contributed by atoms with Crippen molar-refractivity contribution in [1.29, 1.82) is 0 Å². The number of fused-ring (bicyclic) bond motifs is 1. The van der Waals surface area contributed by atoms with Gasteiger partial charge in [0.05, 0.1) is 11.4 Å². The quantitative estimate of drug-likeness (QED) is 0.429. The zero-order valence-electron chi connectivity index (χ0n) is 16.2. The Kier molecular flexibility index (Phi) is 4.57. The van der Waals surface area contributed by atoms with Crippen molar-refractivity contribution in [3.8, 4) is 11.3 Å². The number of Topliss-reactive ketones (excluding diaryl/α,β-unsaturated/α-hetero) is 1. The Morgan fingerprint density at radius 3 is 2.10 bits per heavy atom. The molecule has 0 radical (unpaired) electrons. The number of ketones is 1. The second-order valence-corrected chi connectivity index (χ2v) is 7.48. The fourth-order valence-electron chi connectivity index (χ4n) is 4.30. The van der Waals surface area contributed by atoms with E-state index in [2.05, 4.69) is 12.1 Å². The molecule has 3 aromatic carbocycles. The Labute approximate surface area is 170 Å². The third kappa shape index (κ3) is 3.19. The number of carbonyl (C=O) groups excluding carboxylic acids is 1. The molecule has 1 aliphatic carbocycles. The molecule has 0 spiro atoms. The van der Waals surface area contributed by atoms with E-state index in [0.717, 1.165) is 41.8 Å². The molecule has 0 N–H and O–H groups in total. The highest BCUT2D eigenvalue weighted by Crippen LogP contribution is 2.36. The summed E-state index contributed by atoms with van der Waals surface area (Å²) in [6, 6.07) is 29.4. The minimum Gasteiger partial charge on any atom is -0.291 e. The third-order valence-electron chi connectivity index (χ3n) is 5.65. The van der Waals surface area contributed by atoms with Gasteiger partial charge in [0, 0.05) is 16.7 Å². The lowest BCUT2D eigenvalue weighted by molar-refractivity contribution is 0.0940. The fourth-order valence-corrected chi connectivity index (χ4v) is 4.30. The first kappa shape index (κ1) is 17.6. The van der Waals surface area contributed by atoms with Crippen LogP contribution in [0.2, 0.25) is 0 Å². The minimum absolute atomic E-state index is 0.0650. The van der Waals surface area contributed by atoms with Crippen molar-refractivity contribution < 1.29 is 4.79 Å². The number of rotatable bonds is 5. The zero-order chi connectivity index (χ0) is 19.6. The van der Waals surface area contributed by atoms with Crippen LogP contribution in [-0.2, 0) is 12.8 Å². The van der Waals surface area contributed by atoms with Crippen LogP contribution in [0.3, 0.4) is 0 Å². The molecular formula is C26H22N2O. The maximum atomic E-state index is 13.7. The van der Waals surface area contributed by atoms with E-state index < -0.39 is 6.04 Å². The van der Waals surface area contributed by atoms with E-state index in [1.165, 1.54) is 5.56 Å². The van der Waals surface area contributed by atoms with E-state index in [9.17, 15) is 4.79 Å². The Hall–Kier alpha value is -3.46. The Morgan fingerprint density at radius 1 is 0.793 bits per heavy atom. The summed E-state index contributed by atoms with van der Waals surface area (Å²) in [5.74, 6) is 0.0650. The molecule has 0 saturated carbocycles. The number of aryl methyl sites for hydroxylation is 1. The van der Waals surface area contributed by atoms with E-state index in [1.54, 1.807) is 0 Å². The van der Waals surface area contributed by atoms with Gasteiger partial charge in [-0.2, -0.15) is 5.10 Å². The normalized spacial score (nSPS) is 13.8. The zero-order valence-corrected chi connectivity index (χ0v) is 16.2. The average molecular weight is 378 g/mol. The van der Waals surface area contributed by atoms with Gasteiger partial charge in [-0.25, -0.2) is 4.68 Å². The largest absolute Gasteiger partial charge is 0.291 e. The summed E-state index contributed by atoms with van der Waals surface area (Å²) in [4.78, 5) is 13.7. The van der Waals surface area contributed by atoms with Crippen LogP contribution in [0, 0.1) is 0 Å². The molecule has 0 aliphatic heterocycles. The van der Waals surface area contributed by atoms with E-state index in [4.69, 9.17) is 5.10 Å². The highest BCUT2D eigenvalue weighted by atomic mass is 16.1. The van der Waals surface area contributed by atoms with Crippen LogP contribution in [0.5, 0.6) is 0 Å². The summed E-state index contributed by atoms with van der Waals surface area (Å²) in [5, 5.41) is 4.99. The number of hydrogen-bond donors (Lipinski definition) is 0. The second kappa shape index (κ2) is 7.51. The molecule has 1 aromatic heterocycles. The Balaban J connectivity index is 1.73. The summed E-state index contributed by atoms with van der Waals surface area (Å²) in [7, 11) is 0. The summed E-state index contributed by atoms with van der Waals surface area (Å²) >= 11 is 0. The lowest BCUT2D eigenvalue weighted by atomic mass is 9.96. The van der Waals surface area contributed by atoms with Gasteiger partial charge in [-0.3, -0.25) is 4.79 Å². The highest BCUT2D eigenvalue weighted by Gasteiger charge is 2.31. The molecule has 1 aliphatic rings. The van der Waals surface area contributed by atoms with E-state index >= 15 is 0 Å². The number of carbonyl (C=O) groups is 1. The van der Waals surface area contributed by atoms with Gasteiger partial charge < -0.3 is 0 Å². The summed E-state index contributed by atoms with van der Waals surface area (Å²) < 4.78 is 1.98. The van der Waals surface area contributed by atoms with Gasteiger partial charge in [0.25, 0.3) is 0 Å². The lowest BCUT2D eigenvalue weighted by Crippen LogP contribution is -2.23. The van der Waals surface area contributed by atoms with Gasteiger partial charge in [0.15, 0.2) is 5.78 Å². The predicted octanol–water partition coefficient (Wildman–Crippen LogP) is 5.51. The topological polar surface area (TPSA) is 34.9 Å². The average Bonchev–Trinajstić information content (AvgIpc) is 3.37. The van der Waals surface area contributed by atoms with Gasteiger partial charge in [-0.15, -0.1) is 0 Å². The van der Waals surface area contributed by atoms with Gasteiger partial charge in [-0.1, -0.05) is 91.0 Å². The van der Waals surface area contributed by atoms with Gasteiger partial charge in [0.1, 0.15) is 6.04 Å². The molecule has 5 rings (SSSR count). The first-order chi connectivity index (χ1) is 14.3. The first-order valence-electron chi connectivity index (χ1n) is 10.1. The van der Waals surface area contributed by atoms with Gasteiger partial charge >= 0.3 is 0 Å². The van der Waals surface area contributed by atoms with E-state index in [1.807, 2.05) is 83.5 Å². The SMILES string of the molecule is O=C(c1ccccc1)C(c1ccccc1)n1nc2c(c1-c1ccccc1)CCC2. The van der Waals surface area contributed by atoms with Crippen LogP contribution in [0.1, 0.15) is 39.6 Å². The second-order valence-electron chi connectivity index (χ2n) is 7.48. The third-order valence-corrected chi connectivity index (χ3v) is 5.65. The maximum Gasteiger partial charge on any atom is 0.191 e. The Bertz CT molecular complexity index is 1130. The van der Waals surface area contributed by atoms with Crippen LogP contribution >= 0.6 is 0 Å². The van der Waals surface area contributed by atoms with Crippen molar-refractivity contribution in [2.24, 2.45) is 0 Å². The smallest absolute Gasteiger partial charge is 0.191 e. The molecule has 1 unspecified atom stereocenters. The molecule has 0 bridgehead atoms. The number of nitrogens with zero attached hydrogens (tertiary/aromatic N) is 2. The monoisotopic (exact) mass is 378 g/mol. The minimum atomic E-state index is -0.487. The van der Waals surface area contributed by atoms with E-state index in [-0.39, 0.29) is 5.78 Å². The van der Waals surface area contributed by atoms with Gasteiger partial charge in [0.2, 0.25) is 0 Å². The van der Waals surface area contributed by atoms with E-state index in [0.29, 0.717) is 5.56 Å². The van der Waals surface area contributed by atoms with Crippen molar-refractivity contribution in [2.75, 3.05) is 0 Å². The molecule has 29 heavy (non-hydrogen) atoms. The van der Waals surface area contributed by atoms with Crippen LogP contribution in [0.15, 0.2) is 91.0 Å². The number of benzene rings is 3. The molecule has 0 saturated heterocycles. The molecule has 142 valence electrons. The number of aromatic nitrogens is 2. The van der Waals surface area contributed by atoms with Crippen LogP contribution in [0.4, 0.5) is 0 Å². The Morgan fingerprint density at radius 2 is 1.41 bits per heavy atom.